The van der Waals surface area contributed by atoms with Gasteiger partial charge < -0.3 is 14.8 Å². The Morgan fingerprint density at radius 1 is 1.00 bits per heavy atom. The Morgan fingerprint density at radius 2 is 1.60 bits per heavy atom. The van der Waals surface area contributed by atoms with E-state index in [2.05, 4.69) is 30.8 Å². The number of amides is 1. The van der Waals surface area contributed by atoms with E-state index < -0.39 is 23.9 Å². The van der Waals surface area contributed by atoms with E-state index in [0.717, 1.165) is 5.56 Å². The van der Waals surface area contributed by atoms with Crippen LogP contribution in [0, 0.1) is 0 Å². The molecule has 0 radical (unpaired) electrons. The van der Waals surface area contributed by atoms with Crippen LogP contribution in [0.5, 0.6) is 0 Å². The highest BCUT2D eigenvalue weighted by atomic mass is 16.5. The normalized spacial score (nSPS) is 12.2. The molecule has 1 aromatic rings. The molecule has 0 fully saturated rings. The van der Waals surface area contributed by atoms with Gasteiger partial charge in [0.2, 0.25) is 5.91 Å². The highest BCUT2D eigenvalue weighted by molar-refractivity contribution is 5.86. The summed E-state index contributed by atoms with van der Waals surface area (Å²) in [6.07, 6.45) is 0.251. The molecule has 25 heavy (non-hydrogen) atoms. The second kappa shape index (κ2) is 9.20. The Kier molecular flexibility index (Phi) is 7.61. The van der Waals surface area contributed by atoms with E-state index in [1.54, 1.807) is 0 Å². The Bertz CT molecular complexity index is 601. The van der Waals surface area contributed by atoms with Gasteiger partial charge in [-0.2, -0.15) is 0 Å². The SMILES string of the molecule is COC(=O)CCC(=O)N[C@H](Cc1ccc(C(C)(C)C)cc1)C(=O)OC. The highest BCUT2D eigenvalue weighted by Gasteiger charge is 2.22. The molecule has 0 saturated carbocycles. The van der Waals surface area contributed by atoms with Gasteiger partial charge in [0.15, 0.2) is 0 Å². The molecular formula is C19H27NO5. The van der Waals surface area contributed by atoms with Crippen LogP contribution in [0.2, 0.25) is 0 Å². The van der Waals surface area contributed by atoms with Crippen molar-refractivity contribution in [2.75, 3.05) is 14.2 Å². The van der Waals surface area contributed by atoms with Crippen molar-refractivity contribution in [1.29, 1.82) is 0 Å². The predicted molar refractivity (Wildman–Crippen MR) is 94.0 cm³/mol. The summed E-state index contributed by atoms with van der Waals surface area (Å²) in [5.74, 6) is -1.39. The van der Waals surface area contributed by atoms with E-state index >= 15 is 0 Å². The first-order valence-electron chi connectivity index (χ1n) is 8.20. The quantitative estimate of drug-likeness (QED) is 0.763. The molecule has 1 rings (SSSR count). The zero-order chi connectivity index (χ0) is 19.0. The van der Waals surface area contributed by atoms with E-state index in [-0.39, 0.29) is 18.3 Å². The fraction of sp³-hybridized carbons (Fsp3) is 0.526. The summed E-state index contributed by atoms with van der Waals surface area (Å²) >= 11 is 0. The molecule has 0 aliphatic carbocycles. The predicted octanol–water partition coefficient (Wildman–Crippen LogP) is 2.14. The molecular weight excluding hydrogens is 322 g/mol. The van der Waals surface area contributed by atoms with Crippen LogP contribution in [0.15, 0.2) is 24.3 Å². The van der Waals surface area contributed by atoms with Gasteiger partial charge in [-0.3, -0.25) is 9.59 Å². The van der Waals surface area contributed by atoms with Crippen molar-refractivity contribution in [3.05, 3.63) is 35.4 Å². The van der Waals surface area contributed by atoms with Crippen molar-refractivity contribution >= 4 is 17.8 Å². The fourth-order valence-electron chi connectivity index (χ4n) is 2.30. The van der Waals surface area contributed by atoms with Crippen LogP contribution < -0.4 is 5.32 Å². The van der Waals surface area contributed by atoms with E-state index in [0.29, 0.717) is 6.42 Å². The Labute approximate surface area is 148 Å². The number of esters is 2. The van der Waals surface area contributed by atoms with Gasteiger partial charge in [-0.15, -0.1) is 0 Å². The third-order valence-electron chi connectivity index (χ3n) is 3.86. The van der Waals surface area contributed by atoms with Crippen molar-refractivity contribution in [1.82, 2.24) is 5.32 Å². The number of ether oxygens (including phenoxy) is 2. The second-order valence-corrected chi connectivity index (χ2v) is 6.87. The van der Waals surface area contributed by atoms with Gasteiger partial charge in [-0.05, 0) is 16.5 Å². The van der Waals surface area contributed by atoms with Crippen LogP contribution >= 0.6 is 0 Å². The largest absolute Gasteiger partial charge is 0.469 e. The van der Waals surface area contributed by atoms with Gasteiger partial charge in [-0.1, -0.05) is 45.0 Å². The third kappa shape index (κ3) is 6.95. The molecule has 0 saturated heterocycles. The van der Waals surface area contributed by atoms with Crippen LogP contribution in [0.1, 0.15) is 44.7 Å². The minimum absolute atomic E-state index is 0.0312. The van der Waals surface area contributed by atoms with Gasteiger partial charge >= 0.3 is 11.9 Å². The molecule has 0 unspecified atom stereocenters. The Balaban J connectivity index is 2.74. The third-order valence-corrected chi connectivity index (χ3v) is 3.86. The monoisotopic (exact) mass is 349 g/mol. The summed E-state index contributed by atoms with van der Waals surface area (Å²) in [7, 11) is 2.54. The average molecular weight is 349 g/mol. The van der Waals surface area contributed by atoms with Crippen molar-refractivity contribution in [3.8, 4) is 0 Å². The molecule has 0 heterocycles. The summed E-state index contributed by atoms with van der Waals surface area (Å²) in [6, 6.07) is 7.12. The molecule has 6 heteroatoms. The lowest BCUT2D eigenvalue weighted by atomic mass is 9.86. The fourth-order valence-corrected chi connectivity index (χ4v) is 2.30. The summed E-state index contributed by atoms with van der Waals surface area (Å²) < 4.78 is 9.26. The van der Waals surface area contributed by atoms with E-state index in [9.17, 15) is 14.4 Å². The molecule has 0 aromatic heterocycles. The topological polar surface area (TPSA) is 81.7 Å². The summed E-state index contributed by atoms with van der Waals surface area (Å²) in [5, 5.41) is 2.62. The van der Waals surface area contributed by atoms with E-state index in [1.807, 2.05) is 24.3 Å². The number of carbonyl (C=O) groups is 3. The van der Waals surface area contributed by atoms with Gasteiger partial charge in [0.05, 0.1) is 20.6 Å². The van der Waals surface area contributed by atoms with Crippen LogP contribution in [-0.2, 0) is 35.7 Å². The molecule has 138 valence electrons. The first-order valence-corrected chi connectivity index (χ1v) is 8.20. The molecule has 1 N–H and O–H groups in total. The standard InChI is InChI=1S/C19H27NO5/c1-19(2,3)14-8-6-13(7-9-14)12-15(18(23)25-5)20-16(21)10-11-17(22)24-4/h6-9,15H,10-12H2,1-5H3,(H,20,21)/t15-/m1/s1. The Hall–Kier alpha value is -2.37. The smallest absolute Gasteiger partial charge is 0.328 e. The Morgan fingerprint density at radius 3 is 2.08 bits per heavy atom. The number of benzene rings is 1. The first-order chi connectivity index (χ1) is 11.7. The first kappa shape index (κ1) is 20.7. The van der Waals surface area contributed by atoms with Gasteiger partial charge in [0, 0.05) is 12.8 Å². The molecule has 6 nitrogen and oxygen atoms in total. The lowest BCUT2D eigenvalue weighted by Gasteiger charge is -2.20. The molecule has 1 atom stereocenters. The number of carbonyl (C=O) groups excluding carboxylic acids is 3. The molecule has 1 aromatic carbocycles. The molecule has 0 bridgehead atoms. The number of hydrogen-bond acceptors (Lipinski definition) is 5. The molecule has 0 aliphatic rings. The summed E-state index contributed by atoms with van der Waals surface area (Å²) in [4.78, 5) is 35.0. The molecule has 1 amide bonds. The number of hydrogen-bond donors (Lipinski definition) is 1. The highest BCUT2D eigenvalue weighted by Crippen LogP contribution is 2.22. The number of nitrogens with one attached hydrogen (secondary N) is 1. The zero-order valence-electron chi connectivity index (χ0n) is 15.5. The zero-order valence-corrected chi connectivity index (χ0v) is 15.5. The van der Waals surface area contributed by atoms with E-state index in [1.165, 1.54) is 19.8 Å². The average Bonchev–Trinajstić information content (AvgIpc) is 2.58. The van der Waals surface area contributed by atoms with Crippen molar-refractivity contribution in [2.45, 2.75) is 51.5 Å². The maximum Gasteiger partial charge on any atom is 0.328 e. The molecule has 0 spiro atoms. The minimum atomic E-state index is -0.796. The van der Waals surface area contributed by atoms with E-state index in [4.69, 9.17) is 4.74 Å². The lowest BCUT2D eigenvalue weighted by Crippen LogP contribution is -2.43. The maximum atomic E-state index is 11.9. The minimum Gasteiger partial charge on any atom is -0.469 e. The summed E-state index contributed by atoms with van der Waals surface area (Å²) in [5.41, 5.74) is 2.15. The van der Waals surface area contributed by atoms with Crippen LogP contribution in [0.4, 0.5) is 0 Å². The molecule has 0 aliphatic heterocycles. The van der Waals surface area contributed by atoms with Gasteiger partial charge in [0.1, 0.15) is 6.04 Å². The van der Waals surface area contributed by atoms with Crippen LogP contribution in [-0.4, -0.2) is 38.1 Å². The van der Waals surface area contributed by atoms with Gasteiger partial charge in [-0.25, -0.2) is 4.79 Å². The number of rotatable bonds is 7. The van der Waals surface area contributed by atoms with Crippen molar-refractivity contribution < 1.29 is 23.9 Å². The van der Waals surface area contributed by atoms with Crippen LogP contribution in [0.25, 0.3) is 0 Å². The lowest BCUT2D eigenvalue weighted by molar-refractivity contribution is -0.145. The van der Waals surface area contributed by atoms with Gasteiger partial charge in [0.25, 0.3) is 0 Å². The van der Waals surface area contributed by atoms with Crippen LogP contribution in [0.3, 0.4) is 0 Å². The summed E-state index contributed by atoms with van der Waals surface area (Å²) in [6.45, 7) is 6.38. The van der Waals surface area contributed by atoms with Crippen molar-refractivity contribution in [3.63, 3.8) is 0 Å². The maximum absolute atomic E-state index is 11.9. The second-order valence-electron chi connectivity index (χ2n) is 6.87. The van der Waals surface area contributed by atoms with Crippen molar-refractivity contribution in [2.24, 2.45) is 0 Å². The number of methoxy groups -OCH3 is 2.